The third-order valence-electron chi connectivity index (χ3n) is 4.32. The average Bonchev–Trinajstić information content (AvgIpc) is 2.92. The Morgan fingerprint density at radius 3 is 2.79 bits per heavy atom. The van der Waals surface area contributed by atoms with Gasteiger partial charge in [-0.15, -0.1) is 0 Å². The molecule has 29 heavy (non-hydrogen) atoms. The number of amides is 3. The summed E-state index contributed by atoms with van der Waals surface area (Å²) in [6.07, 6.45) is 0. The van der Waals surface area contributed by atoms with Gasteiger partial charge in [-0.3, -0.25) is 4.79 Å². The van der Waals surface area contributed by atoms with Gasteiger partial charge in [0.05, 0.1) is 25.4 Å². The first-order chi connectivity index (χ1) is 14.1. The minimum absolute atomic E-state index is 0.0264. The van der Waals surface area contributed by atoms with E-state index in [1.54, 1.807) is 23.1 Å². The second-order valence-electron chi connectivity index (χ2n) is 6.43. The normalized spacial score (nSPS) is 13.0. The van der Waals surface area contributed by atoms with Crippen LogP contribution in [0.3, 0.4) is 0 Å². The maximum atomic E-state index is 12.9. The Bertz CT molecular complexity index is 871. The zero-order valence-electron chi connectivity index (χ0n) is 16.6. The van der Waals surface area contributed by atoms with Crippen LogP contribution in [-0.2, 0) is 16.1 Å². The monoisotopic (exact) mass is 399 g/mol. The van der Waals surface area contributed by atoms with E-state index in [2.05, 4.69) is 10.6 Å². The molecule has 1 heterocycles. The number of ether oxygens (including phenoxy) is 3. The molecule has 8 heteroatoms. The van der Waals surface area contributed by atoms with Gasteiger partial charge in [-0.05, 0) is 37.3 Å². The Balaban J connectivity index is 1.73. The topological polar surface area (TPSA) is 89.1 Å². The molecular formula is C21H25N3O5. The van der Waals surface area contributed by atoms with E-state index in [0.29, 0.717) is 49.2 Å². The van der Waals surface area contributed by atoms with Crippen molar-refractivity contribution in [3.8, 4) is 11.5 Å². The molecule has 0 atom stereocenters. The summed E-state index contributed by atoms with van der Waals surface area (Å²) in [4.78, 5) is 26.3. The number of rotatable bonds is 6. The number of para-hydroxylation sites is 2. The van der Waals surface area contributed by atoms with E-state index < -0.39 is 0 Å². The van der Waals surface area contributed by atoms with E-state index in [0.717, 1.165) is 5.56 Å². The molecular weight excluding hydrogens is 374 g/mol. The van der Waals surface area contributed by atoms with Crippen LogP contribution < -0.4 is 20.1 Å². The second-order valence-corrected chi connectivity index (χ2v) is 6.43. The number of anilines is 2. The van der Waals surface area contributed by atoms with Gasteiger partial charge in [0.2, 0.25) is 5.91 Å². The van der Waals surface area contributed by atoms with E-state index >= 15 is 0 Å². The SMILES string of the molecule is CCOc1ccccc1NC(=O)N1CCOc2ccc(NC(=O)COC)cc2C1. The standard InChI is InChI=1S/C21H25N3O5/c1-3-28-19-7-5-4-6-17(19)23-21(26)24-10-11-29-18-9-8-16(12-15(18)13-24)22-20(25)14-27-2/h4-9,12H,3,10-11,13-14H2,1-2H3,(H,22,25)(H,23,26). The summed E-state index contributed by atoms with van der Waals surface area (Å²) in [5, 5.41) is 5.67. The van der Waals surface area contributed by atoms with Crippen molar-refractivity contribution in [3.63, 3.8) is 0 Å². The van der Waals surface area contributed by atoms with Crippen molar-refractivity contribution in [2.45, 2.75) is 13.5 Å². The maximum Gasteiger partial charge on any atom is 0.322 e. The highest BCUT2D eigenvalue weighted by Crippen LogP contribution is 2.28. The summed E-state index contributed by atoms with van der Waals surface area (Å²) in [7, 11) is 1.46. The van der Waals surface area contributed by atoms with E-state index in [1.165, 1.54) is 7.11 Å². The molecule has 8 nitrogen and oxygen atoms in total. The Hall–Kier alpha value is -3.26. The number of carbonyl (C=O) groups is 2. The van der Waals surface area contributed by atoms with Crippen LogP contribution >= 0.6 is 0 Å². The molecule has 0 fully saturated rings. The fourth-order valence-corrected chi connectivity index (χ4v) is 3.02. The van der Waals surface area contributed by atoms with Crippen LogP contribution in [0.5, 0.6) is 11.5 Å². The van der Waals surface area contributed by atoms with Crippen molar-refractivity contribution in [1.29, 1.82) is 0 Å². The van der Waals surface area contributed by atoms with Gasteiger partial charge >= 0.3 is 6.03 Å². The van der Waals surface area contributed by atoms with Crippen LogP contribution in [0.25, 0.3) is 0 Å². The Morgan fingerprint density at radius 1 is 1.17 bits per heavy atom. The fourth-order valence-electron chi connectivity index (χ4n) is 3.02. The van der Waals surface area contributed by atoms with Crippen molar-refractivity contribution >= 4 is 23.3 Å². The minimum atomic E-state index is -0.248. The number of nitrogens with zero attached hydrogens (tertiary/aromatic N) is 1. The van der Waals surface area contributed by atoms with Crippen molar-refractivity contribution in [2.24, 2.45) is 0 Å². The molecule has 0 bridgehead atoms. The Kier molecular flexibility index (Phi) is 6.91. The molecule has 2 N–H and O–H groups in total. The predicted molar refractivity (Wildman–Crippen MR) is 109 cm³/mol. The molecule has 3 rings (SSSR count). The Labute approximate surface area is 169 Å². The fraction of sp³-hybridized carbons (Fsp3) is 0.333. The molecule has 0 spiro atoms. The lowest BCUT2D eigenvalue weighted by molar-refractivity contribution is -0.119. The largest absolute Gasteiger partial charge is 0.492 e. The van der Waals surface area contributed by atoms with Gasteiger partial charge in [0, 0.05) is 18.4 Å². The molecule has 2 aromatic carbocycles. The molecule has 0 saturated heterocycles. The number of urea groups is 1. The molecule has 0 aliphatic carbocycles. The molecule has 3 amide bonds. The van der Waals surface area contributed by atoms with Gasteiger partial charge in [0.15, 0.2) is 0 Å². The molecule has 2 aromatic rings. The van der Waals surface area contributed by atoms with Crippen molar-refractivity contribution in [2.75, 3.05) is 44.1 Å². The van der Waals surface area contributed by atoms with Crippen LogP contribution in [-0.4, -0.2) is 50.3 Å². The highest BCUT2D eigenvalue weighted by atomic mass is 16.5. The number of hydrogen-bond donors (Lipinski definition) is 2. The molecule has 0 unspecified atom stereocenters. The first kappa shape index (κ1) is 20.5. The molecule has 1 aliphatic rings. The van der Waals surface area contributed by atoms with E-state index in [9.17, 15) is 9.59 Å². The number of fused-ring (bicyclic) bond motifs is 1. The zero-order chi connectivity index (χ0) is 20.6. The molecule has 0 saturated carbocycles. The number of benzene rings is 2. The van der Waals surface area contributed by atoms with Gasteiger partial charge in [-0.25, -0.2) is 4.79 Å². The van der Waals surface area contributed by atoms with Crippen molar-refractivity contribution < 1.29 is 23.8 Å². The third-order valence-corrected chi connectivity index (χ3v) is 4.32. The number of nitrogens with one attached hydrogen (secondary N) is 2. The lowest BCUT2D eigenvalue weighted by atomic mass is 10.1. The first-order valence-corrected chi connectivity index (χ1v) is 9.43. The van der Waals surface area contributed by atoms with Crippen LogP contribution in [0.2, 0.25) is 0 Å². The second kappa shape index (κ2) is 9.79. The smallest absolute Gasteiger partial charge is 0.322 e. The summed E-state index contributed by atoms with van der Waals surface area (Å²) in [5.74, 6) is 1.07. The van der Waals surface area contributed by atoms with Crippen LogP contribution in [0.4, 0.5) is 16.2 Å². The molecule has 0 radical (unpaired) electrons. The third kappa shape index (κ3) is 5.39. The van der Waals surface area contributed by atoms with Crippen LogP contribution in [0, 0.1) is 0 Å². The molecule has 1 aliphatic heterocycles. The zero-order valence-corrected chi connectivity index (χ0v) is 16.6. The summed E-state index contributed by atoms with van der Waals surface area (Å²) < 4.78 is 16.2. The van der Waals surface area contributed by atoms with Gasteiger partial charge in [0.25, 0.3) is 0 Å². The quantitative estimate of drug-likeness (QED) is 0.779. The first-order valence-electron chi connectivity index (χ1n) is 9.43. The highest BCUT2D eigenvalue weighted by Gasteiger charge is 2.21. The number of carbonyl (C=O) groups excluding carboxylic acids is 2. The maximum absolute atomic E-state index is 12.9. The summed E-state index contributed by atoms with van der Waals surface area (Å²) in [6.45, 7) is 3.54. The van der Waals surface area contributed by atoms with Crippen molar-refractivity contribution in [1.82, 2.24) is 4.90 Å². The van der Waals surface area contributed by atoms with Crippen LogP contribution in [0.15, 0.2) is 42.5 Å². The Morgan fingerprint density at radius 2 is 2.00 bits per heavy atom. The van der Waals surface area contributed by atoms with Gasteiger partial charge in [0.1, 0.15) is 24.7 Å². The minimum Gasteiger partial charge on any atom is -0.492 e. The summed E-state index contributed by atoms with van der Waals surface area (Å²) in [6, 6.07) is 12.4. The lowest BCUT2D eigenvalue weighted by Crippen LogP contribution is -2.36. The van der Waals surface area contributed by atoms with Crippen molar-refractivity contribution in [3.05, 3.63) is 48.0 Å². The van der Waals surface area contributed by atoms with Gasteiger partial charge in [-0.2, -0.15) is 0 Å². The molecule has 154 valence electrons. The van der Waals surface area contributed by atoms with E-state index in [1.807, 2.05) is 31.2 Å². The molecule has 0 aromatic heterocycles. The number of hydrogen-bond acceptors (Lipinski definition) is 5. The van der Waals surface area contributed by atoms with Gasteiger partial charge < -0.3 is 29.7 Å². The van der Waals surface area contributed by atoms with Gasteiger partial charge in [-0.1, -0.05) is 12.1 Å². The van der Waals surface area contributed by atoms with E-state index in [4.69, 9.17) is 14.2 Å². The average molecular weight is 399 g/mol. The van der Waals surface area contributed by atoms with E-state index in [-0.39, 0.29) is 18.5 Å². The van der Waals surface area contributed by atoms with Crippen LogP contribution in [0.1, 0.15) is 12.5 Å². The summed E-state index contributed by atoms with van der Waals surface area (Å²) >= 11 is 0. The lowest BCUT2D eigenvalue weighted by Gasteiger charge is -2.21. The predicted octanol–water partition coefficient (Wildman–Crippen LogP) is 3.10. The number of methoxy groups -OCH3 is 1. The summed E-state index contributed by atoms with van der Waals surface area (Å²) in [5.41, 5.74) is 2.05. The highest BCUT2D eigenvalue weighted by molar-refractivity contribution is 5.92.